The second kappa shape index (κ2) is 54.1. The number of unbranched alkanes of at least 4 members (excludes halogenated alkanes) is 24. The molecule has 1 amide bonds. The van der Waals surface area contributed by atoms with Gasteiger partial charge in [0.05, 0.1) is 55.5 Å². The van der Waals surface area contributed by atoms with Gasteiger partial charge in [-0.3, -0.25) is 38.4 Å². The Morgan fingerprint density at radius 1 is 0.611 bits per heavy atom. The number of amides is 1. The lowest BCUT2D eigenvalue weighted by molar-refractivity contribution is -0.302. The van der Waals surface area contributed by atoms with Crippen LogP contribution >= 0.6 is 0 Å². The zero-order valence-corrected chi connectivity index (χ0v) is 69.3. The number of allylic oxidation sites excluding steroid dienone is 5. The van der Waals surface area contributed by atoms with Gasteiger partial charge in [0, 0.05) is 65.4 Å². The van der Waals surface area contributed by atoms with Crippen molar-refractivity contribution in [3.8, 4) is 0 Å². The first-order valence-corrected chi connectivity index (χ1v) is 42.7. The number of ether oxygens (including phenoxy) is 9. The average Bonchev–Trinajstić information content (AvgIpc) is 0.777. The minimum atomic E-state index is -2.56. The van der Waals surface area contributed by atoms with E-state index in [9.17, 15) is 39.0 Å². The van der Waals surface area contributed by atoms with Crippen LogP contribution in [0.25, 0.3) is 0 Å². The summed E-state index contributed by atoms with van der Waals surface area (Å²) in [5.74, 6) is -10.4. The van der Waals surface area contributed by atoms with Gasteiger partial charge in [0.15, 0.2) is 11.9 Å². The molecule has 2 saturated heterocycles. The molecule has 1 saturated carbocycles. The largest absolute Gasteiger partial charge is 0.462 e. The van der Waals surface area contributed by atoms with E-state index in [1.807, 2.05) is 33.8 Å². The van der Waals surface area contributed by atoms with Crippen molar-refractivity contribution in [2.45, 2.75) is 399 Å². The van der Waals surface area contributed by atoms with Crippen molar-refractivity contribution >= 4 is 47.1 Å². The molecule has 3 fully saturated rings. The van der Waals surface area contributed by atoms with Gasteiger partial charge in [-0.25, -0.2) is 0 Å². The molecule has 2 bridgehead atoms. The molecule has 0 aromatic rings. The van der Waals surface area contributed by atoms with E-state index < -0.39 is 126 Å². The third-order valence-electron chi connectivity index (χ3n) is 23.2. The van der Waals surface area contributed by atoms with Gasteiger partial charge in [-0.1, -0.05) is 218 Å². The number of esters is 4. The Balaban J connectivity index is 1.55. The van der Waals surface area contributed by atoms with Gasteiger partial charge in [0.2, 0.25) is 5.79 Å². The quantitative estimate of drug-likeness (QED) is 0.0188. The average molecular weight is 1530 g/mol. The van der Waals surface area contributed by atoms with Crippen molar-refractivity contribution in [3.63, 3.8) is 0 Å². The maximum Gasteiger partial charge on any atom is 0.310 e. The maximum atomic E-state index is 15.4. The number of aliphatic hydroxyl groups is 2. The molecule has 0 aromatic heterocycles. The van der Waals surface area contributed by atoms with E-state index >= 15 is 9.59 Å². The maximum absolute atomic E-state index is 15.4. The number of hydrogen-bond acceptors (Lipinski definition) is 19. The third-order valence-corrected chi connectivity index (χ3v) is 23.2. The van der Waals surface area contributed by atoms with Crippen LogP contribution in [-0.2, 0) is 81.0 Å². The van der Waals surface area contributed by atoms with E-state index in [0.717, 1.165) is 49.7 Å². The Labute approximate surface area is 651 Å². The molecule has 108 heavy (non-hydrogen) atoms. The summed E-state index contributed by atoms with van der Waals surface area (Å²) in [4.78, 5) is 115. The van der Waals surface area contributed by atoms with E-state index in [1.54, 1.807) is 34.0 Å². The summed E-state index contributed by atoms with van der Waals surface area (Å²) in [6, 6.07) is -1.04. The van der Waals surface area contributed by atoms with Gasteiger partial charge in [0.25, 0.3) is 11.7 Å². The molecule has 0 radical (unpaired) electrons. The first-order valence-electron chi connectivity index (χ1n) is 42.7. The molecule has 2 N–H and O–H groups in total. The number of methoxy groups -OCH3 is 3. The van der Waals surface area contributed by atoms with Crippen molar-refractivity contribution in [1.82, 2.24) is 4.90 Å². The van der Waals surface area contributed by atoms with Crippen molar-refractivity contribution in [1.29, 1.82) is 0 Å². The number of piperidine rings is 1. The molecule has 0 spiro atoms. The number of fused-ring (bicyclic) bond motifs is 3. The van der Waals surface area contributed by atoms with Crippen molar-refractivity contribution in [2.75, 3.05) is 41.1 Å². The van der Waals surface area contributed by atoms with Gasteiger partial charge in [0.1, 0.15) is 31.2 Å². The summed E-state index contributed by atoms with van der Waals surface area (Å²) in [6.45, 7) is 20.7. The van der Waals surface area contributed by atoms with Crippen LogP contribution in [0.15, 0.2) is 36.0 Å². The molecule has 16 atom stereocenters. The molecule has 4 aliphatic rings. The number of carbonyl (C=O) groups excluding carboxylic acids is 8. The predicted molar refractivity (Wildman–Crippen MR) is 421 cm³/mol. The van der Waals surface area contributed by atoms with Crippen molar-refractivity contribution in [2.24, 2.45) is 35.5 Å². The standard InChI is InChI=1S/C88H149NO19/c1-14-17-19-21-23-25-27-29-31-33-35-37-39-45-81(93)103-60-71(61-104-82(94)46-40-38-36-34-32-30-28-26-24-22-20-18-15-2)107-84(96)56-67(9)106-83(95)55-66(8)105-77-59-75(91)70(43-16-3)51-62(4)50-63(5)52-79(101-12)85-80(102-13)54-65(7)88(99,108-85)86(97)87(98)89-49-42-41-44-73(89)76(92)58-72(68(77)10)64(6)53-69-47-48-74(90)78(57-69)100-11/h16,51,53,63,65-74,77-80,85,90,99H,3,14-15,17-50,52,54-61H2,1-2,4-13H3/b62-51+,64-53+/t63-,65+,66?,67?,68-,69-,70+,72+,73-,74+,77-,78+,79-,80-,85+,88+/m0/s1. The fourth-order valence-corrected chi connectivity index (χ4v) is 16.6. The minimum absolute atomic E-state index is 0.0524. The topological polar surface area (TPSA) is 263 Å². The smallest absolute Gasteiger partial charge is 0.310 e. The lowest BCUT2D eigenvalue weighted by atomic mass is 9.75. The van der Waals surface area contributed by atoms with E-state index in [1.165, 1.54) is 135 Å². The fraction of sp³-hybridized carbons (Fsp3) is 0.841. The second-order valence-corrected chi connectivity index (χ2v) is 32.8. The highest BCUT2D eigenvalue weighted by Crippen LogP contribution is 2.41. The highest BCUT2D eigenvalue weighted by Gasteiger charge is 2.57. The van der Waals surface area contributed by atoms with Crippen LogP contribution in [0.5, 0.6) is 0 Å². The molecule has 3 heterocycles. The van der Waals surface area contributed by atoms with Crippen LogP contribution in [-0.4, -0.2) is 170 Å². The second-order valence-electron chi connectivity index (χ2n) is 32.8. The van der Waals surface area contributed by atoms with Crippen LogP contribution in [0.4, 0.5) is 0 Å². The number of hydrogen-bond donors (Lipinski definition) is 2. The Morgan fingerprint density at radius 2 is 1.11 bits per heavy atom. The molecular weight excluding hydrogens is 1370 g/mol. The van der Waals surface area contributed by atoms with Crippen LogP contribution in [0.2, 0.25) is 0 Å². The monoisotopic (exact) mass is 1520 g/mol. The Hall–Kier alpha value is -4.70. The number of rotatable bonds is 47. The number of aliphatic hydroxyl groups excluding tert-OH is 1. The van der Waals surface area contributed by atoms with E-state index in [-0.39, 0.29) is 94.5 Å². The molecule has 1 aliphatic carbocycles. The number of nitrogens with zero attached hydrogens (tertiary/aromatic N) is 1. The lowest BCUT2D eigenvalue weighted by Crippen LogP contribution is -2.64. The number of Topliss-reactive ketones (excluding diaryl/α,β-unsaturated/α-hetero) is 3. The molecule has 3 aliphatic heterocycles. The van der Waals surface area contributed by atoms with Gasteiger partial charge < -0.3 is 57.7 Å². The van der Waals surface area contributed by atoms with Crippen LogP contribution in [0.1, 0.15) is 332 Å². The number of carbonyl (C=O) groups is 8. The molecule has 620 valence electrons. The van der Waals surface area contributed by atoms with E-state index in [0.29, 0.717) is 64.2 Å². The summed E-state index contributed by atoms with van der Waals surface area (Å²) >= 11 is 0. The zero-order chi connectivity index (χ0) is 79.4. The molecule has 20 nitrogen and oxygen atoms in total. The van der Waals surface area contributed by atoms with E-state index in [2.05, 4.69) is 26.5 Å². The Morgan fingerprint density at radius 3 is 1.63 bits per heavy atom. The summed E-state index contributed by atoms with van der Waals surface area (Å²) < 4.78 is 54.0. The molecular formula is C88H149NO19. The van der Waals surface area contributed by atoms with Crippen LogP contribution in [0.3, 0.4) is 0 Å². The van der Waals surface area contributed by atoms with Gasteiger partial charge in [-0.2, -0.15) is 0 Å². The Bertz CT molecular complexity index is 2650. The third kappa shape index (κ3) is 35.6. The summed E-state index contributed by atoms with van der Waals surface area (Å²) in [5.41, 5.74) is 1.73. The van der Waals surface area contributed by atoms with E-state index in [4.69, 9.17) is 42.6 Å². The van der Waals surface area contributed by atoms with Crippen molar-refractivity contribution < 1.29 is 91.2 Å². The van der Waals surface area contributed by atoms with Crippen LogP contribution < -0.4 is 0 Å². The minimum Gasteiger partial charge on any atom is -0.462 e. The fourth-order valence-electron chi connectivity index (χ4n) is 16.6. The van der Waals surface area contributed by atoms with Gasteiger partial charge in [-0.05, 0) is 128 Å². The number of ketones is 3. The predicted octanol–water partition coefficient (Wildman–Crippen LogP) is 17.4. The molecule has 2 unspecified atom stereocenters. The van der Waals surface area contributed by atoms with Gasteiger partial charge in [-0.15, -0.1) is 6.58 Å². The lowest BCUT2D eigenvalue weighted by Gasteiger charge is -2.47. The molecule has 20 heteroatoms. The summed E-state index contributed by atoms with van der Waals surface area (Å²) in [5, 5.41) is 23.3. The van der Waals surface area contributed by atoms with Gasteiger partial charge >= 0.3 is 23.9 Å². The summed E-state index contributed by atoms with van der Waals surface area (Å²) in [6.07, 6.45) is 32.9. The van der Waals surface area contributed by atoms with Crippen LogP contribution in [0, 0.1) is 35.5 Å². The molecule has 4 rings (SSSR count). The highest BCUT2D eigenvalue weighted by molar-refractivity contribution is 6.39. The highest BCUT2D eigenvalue weighted by atomic mass is 16.7. The SMILES string of the molecule is C=CC[C@@H]1/C=C(\C)C[C@H](C)C[C@H](OC)[C@H]2O[C@@](O)(C(=O)C(=O)N3CCCC[C@H]3C(=O)C[C@H](/C(C)=C/[C@@H]3CC[C@@H](O)[C@H](OC)C3)[C@H](C)[C@@H](OC(C)CC(=O)OC(C)CC(=O)OC(COC(=O)CCCCCCCCCCCCCCC)COC(=O)CCCCCCCCCCCCCCC)CC1=O)[C@H](C)C[C@@H]2OC. The Kier molecular flexibility index (Phi) is 47.9. The summed E-state index contributed by atoms with van der Waals surface area (Å²) in [7, 11) is 4.62. The first-order chi connectivity index (χ1) is 51.8. The normalized spacial score (nSPS) is 27.7. The zero-order valence-electron chi connectivity index (χ0n) is 69.3. The first kappa shape index (κ1) is 95.7. The van der Waals surface area contributed by atoms with Crippen molar-refractivity contribution in [3.05, 3.63) is 36.0 Å². The molecule has 0 aromatic carbocycles.